The predicted octanol–water partition coefficient (Wildman–Crippen LogP) is 0.638. The maximum absolute atomic E-state index is 12.0. The lowest BCUT2D eigenvalue weighted by Crippen LogP contribution is -2.45. The molecule has 1 unspecified atom stereocenters. The molecular formula is C14H21N3O2. The van der Waals surface area contributed by atoms with E-state index in [-0.39, 0.29) is 12.0 Å². The van der Waals surface area contributed by atoms with Gasteiger partial charge in [-0.3, -0.25) is 4.79 Å². The van der Waals surface area contributed by atoms with Gasteiger partial charge in [0.15, 0.2) is 0 Å². The summed E-state index contributed by atoms with van der Waals surface area (Å²) in [6, 6.07) is 5.35. The van der Waals surface area contributed by atoms with Gasteiger partial charge in [0.25, 0.3) is 5.91 Å². The molecule has 1 aromatic carbocycles. The van der Waals surface area contributed by atoms with E-state index in [1.807, 2.05) is 13.0 Å². The van der Waals surface area contributed by atoms with Gasteiger partial charge in [-0.15, -0.1) is 0 Å². The Labute approximate surface area is 113 Å². The minimum absolute atomic E-state index is 0.0606. The van der Waals surface area contributed by atoms with Crippen molar-refractivity contribution in [2.45, 2.75) is 13.0 Å². The third-order valence-electron chi connectivity index (χ3n) is 3.37. The van der Waals surface area contributed by atoms with Crippen LogP contribution in [-0.4, -0.2) is 50.2 Å². The highest BCUT2D eigenvalue weighted by atomic mass is 16.5. The molecule has 19 heavy (non-hydrogen) atoms. The minimum Gasteiger partial charge on any atom is -0.398 e. The fraction of sp³-hybridized carbons (Fsp3) is 0.500. The average molecular weight is 263 g/mol. The first kappa shape index (κ1) is 13.8. The molecule has 0 radical (unpaired) electrons. The summed E-state index contributed by atoms with van der Waals surface area (Å²) < 4.78 is 5.60. The molecule has 5 nitrogen and oxygen atoms in total. The van der Waals surface area contributed by atoms with Crippen molar-refractivity contribution >= 4 is 11.6 Å². The molecular weight excluding hydrogens is 242 g/mol. The topological polar surface area (TPSA) is 67.6 Å². The van der Waals surface area contributed by atoms with E-state index in [0.29, 0.717) is 24.4 Å². The molecule has 0 aromatic heterocycles. The SMILES string of the molecule is Cc1ccc(C(=O)NCC2CN(C)CCO2)cc1N. The van der Waals surface area contributed by atoms with Crippen molar-refractivity contribution in [2.75, 3.05) is 39.0 Å². The zero-order chi connectivity index (χ0) is 13.8. The smallest absolute Gasteiger partial charge is 0.251 e. The summed E-state index contributed by atoms with van der Waals surface area (Å²) in [5, 5.41) is 2.89. The van der Waals surface area contributed by atoms with Crippen molar-refractivity contribution in [3.05, 3.63) is 29.3 Å². The number of carbonyl (C=O) groups excluding carboxylic acids is 1. The van der Waals surface area contributed by atoms with E-state index in [0.717, 1.165) is 18.7 Å². The van der Waals surface area contributed by atoms with Crippen LogP contribution in [0.3, 0.4) is 0 Å². The number of nitrogens with one attached hydrogen (secondary N) is 1. The van der Waals surface area contributed by atoms with Crippen LogP contribution in [0.15, 0.2) is 18.2 Å². The number of carbonyl (C=O) groups is 1. The number of ether oxygens (including phenoxy) is 1. The average Bonchev–Trinajstić information content (AvgIpc) is 2.39. The summed E-state index contributed by atoms with van der Waals surface area (Å²) >= 11 is 0. The number of anilines is 1. The molecule has 0 aliphatic carbocycles. The van der Waals surface area contributed by atoms with Gasteiger partial charge in [0.2, 0.25) is 0 Å². The molecule has 1 aromatic rings. The van der Waals surface area contributed by atoms with Gasteiger partial charge >= 0.3 is 0 Å². The Morgan fingerprint density at radius 1 is 1.58 bits per heavy atom. The number of nitrogens with zero attached hydrogens (tertiary/aromatic N) is 1. The van der Waals surface area contributed by atoms with Crippen LogP contribution in [0.1, 0.15) is 15.9 Å². The fourth-order valence-corrected chi connectivity index (χ4v) is 2.08. The van der Waals surface area contributed by atoms with Gasteiger partial charge in [0.1, 0.15) is 0 Å². The summed E-state index contributed by atoms with van der Waals surface area (Å²) in [6.45, 7) is 4.95. The first-order valence-electron chi connectivity index (χ1n) is 6.50. The Morgan fingerprint density at radius 2 is 2.37 bits per heavy atom. The maximum Gasteiger partial charge on any atom is 0.251 e. The number of nitrogen functional groups attached to an aromatic ring is 1. The monoisotopic (exact) mass is 263 g/mol. The van der Waals surface area contributed by atoms with Crippen LogP contribution in [0, 0.1) is 6.92 Å². The maximum atomic E-state index is 12.0. The molecule has 2 rings (SSSR count). The molecule has 1 heterocycles. The number of morpholine rings is 1. The summed E-state index contributed by atoms with van der Waals surface area (Å²) in [5.41, 5.74) is 8.01. The Kier molecular flexibility index (Phi) is 4.39. The quantitative estimate of drug-likeness (QED) is 0.785. The molecule has 1 aliphatic heterocycles. The summed E-state index contributed by atoms with van der Waals surface area (Å²) in [6.07, 6.45) is 0.0606. The van der Waals surface area contributed by atoms with Crippen LogP contribution in [-0.2, 0) is 4.74 Å². The molecule has 5 heteroatoms. The second-order valence-electron chi connectivity index (χ2n) is 5.04. The first-order chi connectivity index (χ1) is 9.06. The number of rotatable bonds is 3. The number of benzene rings is 1. The van der Waals surface area contributed by atoms with E-state index < -0.39 is 0 Å². The van der Waals surface area contributed by atoms with Crippen molar-refractivity contribution < 1.29 is 9.53 Å². The van der Waals surface area contributed by atoms with Gasteiger partial charge in [0, 0.05) is 30.9 Å². The number of likely N-dealkylation sites (N-methyl/N-ethyl adjacent to an activating group) is 1. The summed E-state index contributed by atoms with van der Waals surface area (Å²) in [7, 11) is 2.05. The molecule has 1 amide bonds. The van der Waals surface area contributed by atoms with E-state index in [2.05, 4.69) is 17.3 Å². The van der Waals surface area contributed by atoms with Gasteiger partial charge in [-0.25, -0.2) is 0 Å². The van der Waals surface area contributed by atoms with Gasteiger partial charge in [-0.2, -0.15) is 0 Å². The molecule has 1 fully saturated rings. The standard InChI is InChI=1S/C14H21N3O2/c1-10-3-4-11(7-13(10)15)14(18)16-8-12-9-17(2)5-6-19-12/h3-4,7,12H,5-6,8-9,15H2,1-2H3,(H,16,18). The van der Waals surface area contributed by atoms with Crippen LogP contribution in [0.4, 0.5) is 5.69 Å². The molecule has 0 bridgehead atoms. The van der Waals surface area contributed by atoms with E-state index in [1.165, 1.54) is 0 Å². The highest BCUT2D eigenvalue weighted by Crippen LogP contribution is 2.12. The zero-order valence-corrected chi connectivity index (χ0v) is 11.5. The third-order valence-corrected chi connectivity index (χ3v) is 3.37. The zero-order valence-electron chi connectivity index (χ0n) is 11.5. The molecule has 3 N–H and O–H groups in total. The van der Waals surface area contributed by atoms with Crippen molar-refractivity contribution in [1.29, 1.82) is 0 Å². The molecule has 0 spiro atoms. The van der Waals surface area contributed by atoms with Crippen LogP contribution in [0.25, 0.3) is 0 Å². The molecule has 1 aliphatic rings. The van der Waals surface area contributed by atoms with E-state index in [4.69, 9.17) is 10.5 Å². The first-order valence-corrected chi connectivity index (χ1v) is 6.50. The molecule has 1 atom stereocenters. The third kappa shape index (κ3) is 3.68. The highest BCUT2D eigenvalue weighted by molar-refractivity contribution is 5.95. The predicted molar refractivity (Wildman–Crippen MR) is 75.2 cm³/mol. The fourth-order valence-electron chi connectivity index (χ4n) is 2.08. The number of amides is 1. The lowest BCUT2D eigenvalue weighted by atomic mass is 10.1. The minimum atomic E-state index is -0.108. The number of hydrogen-bond donors (Lipinski definition) is 2. The van der Waals surface area contributed by atoms with Gasteiger partial charge in [-0.1, -0.05) is 6.07 Å². The van der Waals surface area contributed by atoms with Crippen LogP contribution in [0.5, 0.6) is 0 Å². The van der Waals surface area contributed by atoms with Crippen molar-refractivity contribution in [2.24, 2.45) is 0 Å². The second kappa shape index (κ2) is 6.04. The van der Waals surface area contributed by atoms with Crippen molar-refractivity contribution in [3.8, 4) is 0 Å². The summed E-state index contributed by atoms with van der Waals surface area (Å²) in [5.74, 6) is -0.108. The van der Waals surface area contributed by atoms with Gasteiger partial charge < -0.3 is 20.7 Å². The second-order valence-corrected chi connectivity index (χ2v) is 5.04. The van der Waals surface area contributed by atoms with Gasteiger partial charge in [0.05, 0.1) is 12.7 Å². The Bertz CT molecular complexity index is 462. The van der Waals surface area contributed by atoms with E-state index in [1.54, 1.807) is 12.1 Å². The largest absolute Gasteiger partial charge is 0.398 e. The lowest BCUT2D eigenvalue weighted by Gasteiger charge is -2.30. The molecule has 104 valence electrons. The van der Waals surface area contributed by atoms with Gasteiger partial charge in [-0.05, 0) is 31.7 Å². The Hall–Kier alpha value is -1.59. The van der Waals surface area contributed by atoms with Crippen LogP contribution >= 0.6 is 0 Å². The van der Waals surface area contributed by atoms with Crippen LogP contribution in [0.2, 0.25) is 0 Å². The lowest BCUT2D eigenvalue weighted by molar-refractivity contribution is -0.0175. The Morgan fingerprint density at radius 3 is 3.05 bits per heavy atom. The number of nitrogens with two attached hydrogens (primary N) is 1. The molecule has 0 saturated carbocycles. The van der Waals surface area contributed by atoms with Crippen molar-refractivity contribution in [1.82, 2.24) is 10.2 Å². The normalized spacial score (nSPS) is 20.2. The Balaban J connectivity index is 1.88. The highest BCUT2D eigenvalue weighted by Gasteiger charge is 2.18. The number of aryl methyl sites for hydroxylation is 1. The van der Waals surface area contributed by atoms with E-state index >= 15 is 0 Å². The number of hydrogen-bond acceptors (Lipinski definition) is 4. The van der Waals surface area contributed by atoms with Crippen molar-refractivity contribution in [3.63, 3.8) is 0 Å². The summed E-state index contributed by atoms with van der Waals surface area (Å²) in [4.78, 5) is 14.2. The van der Waals surface area contributed by atoms with E-state index in [9.17, 15) is 4.79 Å². The van der Waals surface area contributed by atoms with Crippen LogP contribution < -0.4 is 11.1 Å². The molecule has 1 saturated heterocycles.